The molecule has 1 aliphatic rings. The summed E-state index contributed by atoms with van der Waals surface area (Å²) in [6.45, 7) is 4.03. The van der Waals surface area contributed by atoms with Gasteiger partial charge in [0, 0.05) is 18.0 Å². The van der Waals surface area contributed by atoms with E-state index in [0.717, 1.165) is 0 Å². The van der Waals surface area contributed by atoms with Crippen molar-refractivity contribution in [3.05, 3.63) is 0 Å². The molecular weight excluding hydrogens is 182 g/mol. The third-order valence-corrected chi connectivity index (χ3v) is 3.44. The Labute approximate surface area is 84.5 Å². The molecule has 2 N–H and O–H groups in total. The van der Waals surface area contributed by atoms with E-state index in [1.165, 1.54) is 0 Å². The van der Waals surface area contributed by atoms with E-state index >= 15 is 0 Å². The van der Waals surface area contributed by atoms with Crippen LogP contribution in [-0.2, 0) is 4.79 Å². The smallest absolute Gasteiger partial charge is 0.303 e. The third kappa shape index (κ3) is 2.25. The minimum absolute atomic E-state index is 0.0550. The first-order chi connectivity index (χ1) is 6.43. The fourth-order valence-corrected chi connectivity index (χ4v) is 2.22. The van der Waals surface area contributed by atoms with Crippen LogP contribution in [-0.4, -0.2) is 46.3 Å². The van der Waals surface area contributed by atoms with Gasteiger partial charge in [-0.05, 0) is 27.3 Å². The first kappa shape index (κ1) is 11.5. The minimum Gasteiger partial charge on any atom is -0.481 e. The standard InChI is InChI=1S/C10H19NO3/c1-6-4-9(12)8(5-10(13)14)7(2)11(6)3/h6-9,12H,4-5H2,1-3H3,(H,13,14). The van der Waals surface area contributed by atoms with Crippen molar-refractivity contribution < 1.29 is 15.0 Å². The van der Waals surface area contributed by atoms with Crippen molar-refractivity contribution in [3.8, 4) is 0 Å². The number of aliphatic carboxylic acids is 1. The normalized spacial score (nSPS) is 39.7. The van der Waals surface area contributed by atoms with Crippen molar-refractivity contribution >= 4 is 5.97 Å². The number of hydrogen-bond acceptors (Lipinski definition) is 3. The zero-order chi connectivity index (χ0) is 10.9. The van der Waals surface area contributed by atoms with Gasteiger partial charge in [0.05, 0.1) is 12.5 Å². The lowest BCUT2D eigenvalue weighted by molar-refractivity contribution is -0.141. The van der Waals surface area contributed by atoms with Gasteiger partial charge in [-0.15, -0.1) is 0 Å². The van der Waals surface area contributed by atoms with Crippen molar-refractivity contribution in [3.63, 3.8) is 0 Å². The fourth-order valence-electron chi connectivity index (χ4n) is 2.22. The molecule has 4 atom stereocenters. The second-order valence-electron chi connectivity index (χ2n) is 4.32. The second kappa shape index (κ2) is 4.28. The molecule has 1 fully saturated rings. The maximum atomic E-state index is 10.6. The summed E-state index contributed by atoms with van der Waals surface area (Å²) in [5.41, 5.74) is 0. The molecule has 0 aromatic rings. The first-order valence-corrected chi connectivity index (χ1v) is 5.05. The first-order valence-electron chi connectivity index (χ1n) is 5.05. The number of carbonyl (C=O) groups is 1. The number of carboxylic acid groups (broad SMARTS) is 1. The van der Waals surface area contributed by atoms with Crippen LogP contribution in [0.1, 0.15) is 26.7 Å². The van der Waals surface area contributed by atoms with E-state index in [1.54, 1.807) is 0 Å². The van der Waals surface area contributed by atoms with E-state index in [9.17, 15) is 9.90 Å². The van der Waals surface area contributed by atoms with E-state index in [-0.39, 0.29) is 18.4 Å². The number of nitrogens with zero attached hydrogens (tertiary/aromatic N) is 1. The van der Waals surface area contributed by atoms with Gasteiger partial charge in [-0.2, -0.15) is 0 Å². The van der Waals surface area contributed by atoms with Crippen LogP contribution in [0.2, 0.25) is 0 Å². The average molecular weight is 201 g/mol. The molecule has 1 heterocycles. The van der Waals surface area contributed by atoms with Gasteiger partial charge in [0.15, 0.2) is 0 Å². The van der Waals surface area contributed by atoms with Crippen LogP contribution in [0.4, 0.5) is 0 Å². The molecule has 0 saturated carbocycles. The molecule has 1 aliphatic heterocycles. The Morgan fingerprint density at radius 3 is 2.57 bits per heavy atom. The molecule has 1 saturated heterocycles. The summed E-state index contributed by atoms with van der Waals surface area (Å²) in [6.07, 6.45) is 0.241. The Bertz CT molecular complexity index is 219. The van der Waals surface area contributed by atoms with Gasteiger partial charge in [0.1, 0.15) is 0 Å². The second-order valence-corrected chi connectivity index (χ2v) is 4.32. The molecule has 1 rings (SSSR count). The van der Waals surface area contributed by atoms with Crippen LogP contribution >= 0.6 is 0 Å². The van der Waals surface area contributed by atoms with Crippen molar-refractivity contribution in [1.82, 2.24) is 4.90 Å². The molecule has 0 amide bonds. The maximum Gasteiger partial charge on any atom is 0.303 e. The molecule has 0 aromatic heterocycles. The van der Waals surface area contributed by atoms with Crippen molar-refractivity contribution in [2.24, 2.45) is 5.92 Å². The number of aliphatic hydroxyl groups excluding tert-OH is 1. The molecular formula is C10H19NO3. The molecule has 14 heavy (non-hydrogen) atoms. The molecule has 4 nitrogen and oxygen atoms in total. The van der Waals surface area contributed by atoms with Gasteiger partial charge in [-0.1, -0.05) is 0 Å². The number of aliphatic hydroxyl groups is 1. The highest BCUT2D eigenvalue weighted by atomic mass is 16.4. The van der Waals surface area contributed by atoms with Gasteiger partial charge < -0.3 is 15.1 Å². The van der Waals surface area contributed by atoms with Gasteiger partial charge in [-0.3, -0.25) is 4.79 Å². The van der Waals surface area contributed by atoms with Crippen LogP contribution in [0.25, 0.3) is 0 Å². The Morgan fingerprint density at radius 2 is 2.07 bits per heavy atom. The van der Waals surface area contributed by atoms with Gasteiger partial charge in [0.2, 0.25) is 0 Å². The van der Waals surface area contributed by atoms with Crippen LogP contribution in [0, 0.1) is 5.92 Å². The Kier molecular flexibility index (Phi) is 3.50. The summed E-state index contributed by atoms with van der Waals surface area (Å²) in [7, 11) is 1.98. The zero-order valence-electron chi connectivity index (χ0n) is 8.97. The summed E-state index contributed by atoms with van der Waals surface area (Å²) in [5, 5.41) is 18.5. The number of piperidine rings is 1. The van der Waals surface area contributed by atoms with Crippen LogP contribution in [0.15, 0.2) is 0 Å². The third-order valence-electron chi connectivity index (χ3n) is 3.44. The largest absolute Gasteiger partial charge is 0.481 e. The summed E-state index contributed by atoms with van der Waals surface area (Å²) in [5.74, 6) is -0.974. The summed E-state index contributed by atoms with van der Waals surface area (Å²) in [6, 6.07) is 0.454. The van der Waals surface area contributed by atoms with E-state index in [4.69, 9.17) is 5.11 Å². The molecule has 82 valence electrons. The lowest BCUT2D eigenvalue weighted by atomic mass is 9.82. The predicted octanol–water partition coefficient (Wildman–Crippen LogP) is 0.551. The lowest BCUT2D eigenvalue weighted by Gasteiger charge is -2.43. The van der Waals surface area contributed by atoms with Crippen molar-refractivity contribution in [2.45, 2.75) is 44.9 Å². The van der Waals surface area contributed by atoms with Gasteiger partial charge in [0.25, 0.3) is 0 Å². The average Bonchev–Trinajstić information content (AvgIpc) is 2.09. The van der Waals surface area contributed by atoms with E-state index in [0.29, 0.717) is 12.5 Å². The number of hydrogen-bond donors (Lipinski definition) is 2. The van der Waals surface area contributed by atoms with E-state index < -0.39 is 12.1 Å². The van der Waals surface area contributed by atoms with E-state index in [1.807, 2.05) is 14.0 Å². The highest BCUT2D eigenvalue weighted by Crippen LogP contribution is 2.29. The number of likely N-dealkylation sites (tertiary alicyclic amines) is 1. The minimum atomic E-state index is -0.830. The fraction of sp³-hybridized carbons (Fsp3) is 0.900. The summed E-state index contributed by atoms with van der Waals surface area (Å²) < 4.78 is 0. The number of carboxylic acids is 1. The van der Waals surface area contributed by atoms with Crippen LogP contribution in [0.3, 0.4) is 0 Å². The van der Waals surface area contributed by atoms with Crippen molar-refractivity contribution in [2.75, 3.05) is 7.05 Å². The summed E-state index contributed by atoms with van der Waals surface area (Å²) in [4.78, 5) is 12.8. The maximum absolute atomic E-state index is 10.6. The Balaban J connectivity index is 2.68. The van der Waals surface area contributed by atoms with Crippen molar-refractivity contribution in [1.29, 1.82) is 0 Å². The summed E-state index contributed by atoms with van der Waals surface area (Å²) >= 11 is 0. The Morgan fingerprint density at radius 1 is 1.50 bits per heavy atom. The highest BCUT2D eigenvalue weighted by molar-refractivity contribution is 5.67. The molecule has 4 unspecified atom stereocenters. The van der Waals surface area contributed by atoms with Crippen LogP contribution in [0.5, 0.6) is 0 Å². The monoisotopic (exact) mass is 201 g/mol. The van der Waals surface area contributed by atoms with Crippen LogP contribution < -0.4 is 0 Å². The quantitative estimate of drug-likeness (QED) is 0.685. The van der Waals surface area contributed by atoms with E-state index in [2.05, 4.69) is 11.8 Å². The Hall–Kier alpha value is -0.610. The SMILES string of the molecule is CC1CC(O)C(CC(=O)O)C(C)N1C. The molecule has 0 bridgehead atoms. The highest BCUT2D eigenvalue weighted by Gasteiger charge is 2.37. The predicted molar refractivity (Wildman–Crippen MR) is 53.1 cm³/mol. The molecule has 0 aromatic carbocycles. The topological polar surface area (TPSA) is 60.8 Å². The lowest BCUT2D eigenvalue weighted by Crippen LogP contribution is -2.52. The zero-order valence-corrected chi connectivity index (χ0v) is 8.97. The molecule has 4 heteroatoms. The molecule has 0 aliphatic carbocycles. The van der Waals surface area contributed by atoms with Gasteiger partial charge >= 0.3 is 5.97 Å². The molecule has 0 radical (unpaired) electrons. The number of rotatable bonds is 2. The van der Waals surface area contributed by atoms with Gasteiger partial charge in [-0.25, -0.2) is 0 Å². The molecule has 0 spiro atoms.